The van der Waals surface area contributed by atoms with Gasteiger partial charge in [0.1, 0.15) is 0 Å². The lowest BCUT2D eigenvalue weighted by atomic mass is 10.1. The first-order valence-corrected chi connectivity index (χ1v) is 9.64. The third-order valence-corrected chi connectivity index (χ3v) is 6.46. The molecule has 24 heavy (non-hydrogen) atoms. The number of halogens is 1. The van der Waals surface area contributed by atoms with E-state index >= 15 is 0 Å². The average molecular weight is 366 g/mol. The number of hydrogen-bond donors (Lipinski definition) is 0. The van der Waals surface area contributed by atoms with Gasteiger partial charge in [-0.2, -0.15) is 4.31 Å². The third-order valence-electron chi connectivity index (χ3n) is 4.37. The van der Waals surface area contributed by atoms with Crippen molar-refractivity contribution in [2.24, 2.45) is 0 Å². The van der Waals surface area contributed by atoms with Crippen molar-refractivity contribution < 1.29 is 13.2 Å². The van der Waals surface area contributed by atoms with E-state index in [1.165, 1.54) is 4.31 Å². The van der Waals surface area contributed by atoms with Crippen LogP contribution in [0.5, 0.6) is 0 Å². The fourth-order valence-corrected chi connectivity index (χ4v) is 4.49. The maximum atomic E-state index is 12.9. The number of sulfonamides is 1. The van der Waals surface area contributed by atoms with Crippen LogP contribution >= 0.6 is 11.6 Å². The SMILES string of the molecule is Cc1ccc(S(=O)(=O)N2CCOC(c3cccc(Cl)c3)C2)cc1C. The highest BCUT2D eigenvalue weighted by atomic mass is 35.5. The highest BCUT2D eigenvalue weighted by Gasteiger charge is 2.31. The average Bonchev–Trinajstić information content (AvgIpc) is 2.57. The van der Waals surface area contributed by atoms with E-state index in [-0.39, 0.29) is 12.6 Å². The molecule has 0 bridgehead atoms. The first-order valence-electron chi connectivity index (χ1n) is 7.82. The van der Waals surface area contributed by atoms with E-state index in [0.29, 0.717) is 23.1 Å². The Bertz CT molecular complexity index is 851. The Morgan fingerprint density at radius 1 is 1.12 bits per heavy atom. The second-order valence-corrected chi connectivity index (χ2v) is 8.40. The van der Waals surface area contributed by atoms with Crippen molar-refractivity contribution in [3.05, 3.63) is 64.2 Å². The predicted molar refractivity (Wildman–Crippen MR) is 94.8 cm³/mol. The van der Waals surface area contributed by atoms with Crippen molar-refractivity contribution in [1.29, 1.82) is 0 Å². The normalized spacial score (nSPS) is 19.4. The first kappa shape index (κ1) is 17.4. The number of nitrogens with zero attached hydrogens (tertiary/aromatic N) is 1. The molecule has 0 saturated carbocycles. The van der Waals surface area contributed by atoms with Crippen molar-refractivity contribution in [3.63, 3.8) is 0 Å². The van der Waals surface area contributed by atoms with Crippen molar-refractivity contribution >= 4 is 21.6 Å². The standard InChI is InChI=1S/C18H20ClNO3S/c1-13-6-7-17(10-14(13)2)24(21,22)20-8-9-23-18(12-20)15-4-3-5-16(19)11-15/h3-7,10-11,18H,8-9,12H2,1-2H3. The molecular formula is C18H20ClNO3S. The third kappa shape index (κ3) is 3.49. The minimum atomic E-state index is -3.53. The second-order valence-electron chi connectivity index (χ2n) is 6.02. The molecule has 1 heterocycles. The Hall–Kier alpha value is -1.40. The summed E-state index contributed by atoms with van der Waals surface area (Å²) in [5.41, 5.74) is 2.94. The Kier molecular flexibility index (Phi) is 4.97. The molecule has 1 unspecified atom stereocenters. The van der Waals surface area contributed by atoms with Gasteiger partial charge in [0.15, 0.2) is 0 Å². The minimum Gasteiger partial charge on any atom is -0.371 e. The minimum absolute atomic E-state index is 0.287. The number of ether oxygens (including phenoxy) is 1. The maximum Gasteiger partial charge on any atom is 0.243 e. The Balaban J connectivity index is 1.87. The summed E-state index contributed by atoms with van der Waals surface area (Å²) in [5.74, 6) is 0. The fourth-order valence-electron chi connectivity index (χ4n) is 2.78. The molecule has 0 N–H and O–H groups in total. The molecule has 128 valence electrons. The predicted octanol–water partition coefficient (Wildman–Crippen LogP) is 3.72. The van der Waals surface area contributed by atoms with E-state index in [2.05, 4.69) is 0 Å². The monoisotopic (exact) mass is 365 g/mol. The molecule has 4 nitrogen and oxygen atoms in total. The van der Waals surface area contributed by atoms with Crippen LogP contribution in [0, 0.1) is 13.8 Å². The molecule has 6 heteroatoms. The number of hydrogen-bond acceptors (Lipinski definition) is 3. The Morgan fingerprint density at radius 3 is 2.62 bits per heavy atom. The van der Waals surface area contributed by atoms with Gasteiger partial charge < -0.3 is 4.74 Å². The summed E-state index contributed by atoms with van der Waals surface area (Å²) in [5, 5.41) is 0.616. The molecule has 1 atom stereocenters. The van der Waals surface area contributed by atoms with Crippen LogP contribution in [-0.4, -0.2) is 32.4 Å². The lowest BCUT2D eigenvalue weighted by Gasteiger charge is -2.32. The lowest BCUT2D eigenvalue weighted by Crippen LogP contribution is -2.42. The first-order chi connectivity index (χ1) is 11.4. The van der Waals surface area contributed by atoms with Gasteiger partial charge in [0.25, 0.3) is 0 Å². The van der Waals surface area contributed by atoms with Gasteiger partial charge >= 0.3 is 0 Å². The molecule has 0 aliphatic carbocycles. The molecule has 1 aliphatic rings. The van der Waals surface area contributed by atoms with Gasteiger partial charge in [-0.1, -0.05) is 29.8 Å². The molecule has 1 fully saturated rings. The van der Waals surface area contributed by atoms with Gasteiger partial charge in [0, 0.05) is 18.1 Å². The highest BCUT2D eigenvalue weighted by Crippen LogP contribution is 2.28. The quantitative estimate of drug-likeness (QED) is 0.832. The molecular weight excluding hydrogens is 346 g/mol. The summed E-state index contributed by atoms with van der Waals surface area (Å²) < 4.78 is 33.1. The highest BCUT2D eigenvalue weighted by molar-refractivity contribution is 7.89. The zero-order chi connectivity index (χ0) is 17.3. The van der Waals surface area contributed by atoms with Gasteiger partial charge in [-0.3, -0.25) is 0 Å². The van der Waals surface area contributed by atoms with Crippen LogP contribution in [0.15, 0.2) is 47.4 Å². The smallest absolute Gasteiger partial charge is 0.243 e. The Labute approximate surface area is 148 Å². The maximum absolute atomic E-state index is 12.9. The lowest BCUT2D eigenvalue weighted by molar-refractivity contribution is -0.00255. The number of aryl methyl sites for hydroxylation is 2. The fraction of sp³-hybridized carbons (Fsp3) is 0.333. The number of benzene rings is 2. The van der Waals surface area contributed by atoms with E-state index in [1.807, 2.05) is 38.1 Å². The van der Waals surface area contributed by atoms with Gasteiger partial charge in [0.2, 0.25) is 10.0 Å². The second kappa shape index (κ2) is 6.84. The molecule has 0 spiro atoms. The van der Waals surface area contributed by atoms with Crippen molar-refractivity contribution in [2.45, 2.75) is 24.8 Å². The van der Waals surface area contributed by atoms with Crippen LogP contribution in [0.3, 0.4) is 0 Å². The summed E-state index contributed by atoms with van der Waals surface area (Å²) in [6.45, 7) is 4.89. The molecule has 0 amide bonds. The summed E-state index contributed by atoms with van der Waals surface area (Å²) in [6, 6.07) is 12.6. The van der Waals surface area contributed by atoms with E-state index < -0.39 is 10.0 Å². The topological polar surface area (TPSA) is 46.6 Å². The van der Waals surface area contributed by atoms with Gasteiger partial charge in [-0.25, -0.2) is 8.42 Å². The molecule has 3 rings (SSSR count). The largest absolute Gasteiger partial charge is 0.371 e. The van der Waals surface area contributed by atoms with Crippen LogP contribution in [-0.2, 0) is 14.8 Å². The molecule has 1 saturated heterocycles. The molecule has 1 aliphatic heterocycles. The number of morpholine rings is 1. The van der Waals surface area contributed by atoms with E-state index in [4.69, 9.17) is 16.3 Å². The van der Waals surface area contributed by atoms with Gasteiger partial charge in [-0.05, 0) is 54.8 Å². The summed E-state index contributed by atoms with van der Waals surface area (Å²) in [6.07, 6.45) is -0.307. The van der Waals surface area contributed by atoms with Crippen LogP contribution in [0.25, 0.3) is 0 Å². The Morgan fingerprint density at radius 2 is 1.92 bits per heavy atom. The molecule has 0 radical (unpaired) electrons. The van der Waals surface area contributed by atoms with Crippen molar-refractivity contribution in [3.8, 4) is 0 Å². The zero-order valence-electron chi connectivity index (χ0n) is 13.7. The zero-order valence-corrected chi connectivity index (χ0v) is 15.3. The van der Waals surface area contributed by atoms with Gasteiger partial charge in [0.05, 0.1) is 17.6 Å². The molecule has 2 aromatic rings. The van der Waals surface area contributed by atoms with Crippen LogP contribution in [0.2, 0.25) is 5.02 Å². The van der Waals surface area contributed by atoms with E-state index in [1.54, 1.807) is 18.2 Å². The van der Waals surface area contributed by atoms with Crippen LogP contribution in [0.4, 0.5) is 0 Å². The van der Waals surface area contributed by atoms with E-state index in [9.17, 15) is 8.42 Å². The summed E-state index contributed by atoms with van der Waals surface area (Å²) >= 11 is 6.03. The molecule has 0 aromatic heterocycles. The summed E-state index contributed by atoms with van der Waals surface area (Å²) in [4.78, 5) is 0.331. The van der Waals surface area contributed by atoms with Crippen molar-refractivity contribution in [2.75, 3.05) is 19.7 Å². The van der Waals surface area contributed by atoms with Crippen LogP contribution < -0.4 is 0 Å². The molecule has 2 aromatic carbocycles. The van der Waals surface area contributed by atoms with E-state index in [0.717, 1.165) is 16.7 Å². The summed E-state index contributed by atoms with van der Waals surface area (Å²) in [7, 11) is -3.53. The van der Waals surface area contributed by atoms with Gasteiger partial charge in [-0.15, -0.1) is 0 Å². The number of rotatable bonds is 3. The van der Waals surface area contributed by atoms with Crippen LogP contribution in [0.1, 0.15) is 22.8 Å². The van der Waals surface area contributed by atoms with Crippen molar-refractivity contribution in [1.82, 2.24) is 4.31 Å².